The second kappa shape index (κ2) is 10.1. The Hall–Kier alpha value is -1.83. The maximum absolute atomic E-state index is 11.5. The van der Waals surface area contributed by atoms with Gasteiger partial charge in [-0.15, -0.1) is 0 Å². The zero-order valence-electron chi connectivity index (χ0n) is 15.9. The van der Waals surface area contributed by atoms with Crippen molar-refractivity contribution in [1.82, 2.24) is 4.90 Å². The molecule has 1 atom stereocenters. The fourth-order valence-corrected chi connectivity index (χ4v) is 3.37. The minimum Gasteiger partial charge on any atom is -0.382 e. The van der Waals surface area contributed by atoms with Gasteiger partial charge in [0.1, 0.15) is 11.9 Å². The minimum atomic E-state index is -4.04. The van der Waals surface area contributed by atoms with Gasteiger partial charge in [0.2, 0.25) is 10.0 Å². The summed E-state index contributed by atoms with van der Waals surface area (Å²) in [6.45, 7) is 4.02. The van der Waals surface area contributed by atoms with Gasteiger partial charge < -0.3 is 19.1 Å². The number of sulfonamides is 1. The van der Waals surface area contributed by atoms with Gasteiger partial charge in [-0.25, -0.2) is 13.6 Å². The molecule has 2 N–H and O–H groups in total. The molecule has 1 aliphatic heterocycles. The molecule has 0 bridgehead atoms. The highest BCUT2D eigenvalue weighted by Crippen LogP contribution is 2.31. The lowest BCUT2D eigenvalue weighted by Crippen LogP contribution is -2.50. The van der Waals surface area contributed by atoms with E-state index >= 15 is 0 Å². The maximum Gasteiger partial charge on any atom is 0.293 e. The Balaban J connectivity index is 2.07. The first kappa shape index (κ1) is 22.5. The van der Waals surface area contributed by atoms with E-state index in [9.17, 15) is 18.5 Å². The molecule has 158 valence electrons. The van der Waals surface area contributed by atoms with Crippen LogP contribution in [0, 0.1) is 10.1 Å². The van der Waals surface area contributed by atoms with Crippen LogP contribution in [-0.2, 0) is 24.2 Å². The summed E-state index contributed by atoms with van der Waals surface area (Å²) < 4.78 is 39.1. The molecule has 1 aromatic rings. The Labute approximate surface area is 164 Å². The zero-order valence-corrected chi connectivity index (χ0v) is 16.8. The summed E-state index contributed by atoms with van der Waals surface area (Å²) in [6.07, 6.45) is -0.424. The highest BCUT2D eigenvalue weighted by Gasteiger charge is 2.29. The molecule has 0 aromatic heterocycles. The largest absolute Gasteiger partial charge is 0.382 e. The van der Waals surface area contributed by atoms with Crippen LogP contribution in [0.15, 0.2) is 23.1 Å². The number of nitrogens with zero attached hydrogens (tertiary/aromatic N) is 3. The first-order chi connectivity index (χ1) is 13.2. The van der Waals surface area contributed by atoms with Crippen molar-refractivity contribution >= 4 is 21.4 Å². The third-order valence-corrected chi connectivity index (χ3v) is 5.31. The van der Waals surface area contributed by atoms with Crippen molar-refractivity contribution in [2.75, 3.05) is 65.1 Å². The molecular formula is C16H26N4O7S. The Morgan fingerprint density at radius 1 is 1.39 bits per heavy atom. The molecule has 0 radical (unpaired) electrons. The Morgan fingerprint density at radius 2 is 2.14 bits per heavy atom. The third kappa shape index (κ3) is 6.09. The number of morpholine rings is 1. The second-order valence-electron chi connectivity index (χ2n) is 6.29. The quantitative estimate of drug-likeness (QED) is 0.316. The lowest BCUT2D eigenvalue weighted by Gasteiger charge is -2.38. The number of benzene rings is 1. The summed E-state index contributed by atoms with van der Waals surface area (Å²) in [5.41, 5.74) is -0.0989. The SMILES string of the molecule is COCCOCCN1CCO[C@@H](N(C)c2ccc(S(N)(=O)=O)cc2[N+](=O)[O-])C1. The number of rotatable bonds is 10. The molecule has 11 nitrogen and oxygen atoms in total. The number of nitro benzene ring substituents is 1. The topological polar surface area (TPSA) is 137 Å². The molecule has 0 saturated carbocycles. The Bertz CT molecular complexity index is 774. The lowest BCUT2D eigenvalue weighted by atomic mass is 10.2. The molecule has 1 saturated heterocycles. The van der Waals surface area contributed by atoms with Crippen LogP contribution in [0.1, 0.15) is 0 Å². The Morgan fingerprint density at radius 3 is 2.79 bits per heavy atom. The van der Waals surface area contributed by atoms with E-state index in [2.05, 4.69) is 4.90 Å². The first-order valence-corrected chi connectivity index (χ1v) is 10.2. The minimum absolute atomic E-state index is 0.251. The smallest absolute Gasteiger partial charge is 0.293 e. The standard InChI is InChI=1S/C16H26N4O7S/c1-18(14-4-3-13(28(17,23)24)11-15(14)20(21)22)16-12-19(6-8-27-16)5-7-26-10-9-25-2/h3-4,11,16H,5-10,12H2,1-2H3,(H2,17,23,24)/t16-/m1/s1. The number of nitro groups is 1. The Kier molecular flexibility index (Phi) is 8.10. The summed E-state index contributed by atoms with van der Waals surface area (Å²) >= 11 is 0. The van der Waals surface area contributed by atoms with E-state index in [1.165, 1.54) is 12.1 Å². The van der Waals surface area contributed by atoms with Crippen LogP contribution in [0.3, 0.4) is 0 Å². The zero-order chi connectivity index (χ0) is 20.7. The van der Waals surface area contributed by atoms with Gasteiger partial charge in [-0.2, -0.15) is 0 Å². The molecule has 0 spiro atoms. The van der Waals surface area contributed by atoms with Gasteiger partial charge >= 0.3 is 0 Å². The van der Waals surface area contributed by atoms with Gasteiger partial charge in [-0.3, -0.25) is 15.0 Å². The summed E-state index contributed by atoms with van der Waals surface area (Å²) in [7, 11) is -0.757. The normalized spacial score (nSPS) is 18.2. The summed E-state index contributed by atoms with van der Waals surface area (Å²) in [6, 6.07) is 3.58. The van der Waals surface area contributed by atoms with Gasteiger partial charge in [-0.1, -0.05) is 0 Å². The lowest BCUT2D eigenvalue weighted by molar-refractivity contribution is -0.384. The monoisotopic (exact) mass is 418 g/mol. The number of ether oxygens (including phenoxy) is 3. The van der Waals surface area contributed by atoms with Crippen LogP contribution in [0.2, 0.25) is 0 Å². The molecule has 0 unspecified atom stereocenters. The van der Waals surface area contributed by atoms with E-state index in [1.807, 2.05) is 0 Å². The molecular weight excluding hydrogens is 392 g/mol. The molecule has 1 aliphatic rings. The van der Waals surface area contributed by atoms with E-state index in [-0.39, 0.29) is 16.3 Å². The van der Waals surface area contributed by atoms with Crippen molar-refractivity contribution in [3.8, 4) is 0 Å². The highest BCUT2D eigenvalue weighted by atomic mass is 32.2. The van der Waals surface area contributed by atoms with Gasteiger partial charge in [0.15, 0.2) is 0 Å². The van der Waals surface area contributed by atoms with Crippen molar-refractivity contribution in [1.29, 1.82) is 0 Å². The highest BCUT2D eigenvalue weighted by molar-refractivity contribution is 7.89. The van der Waals surface area contributed by atoms with Crippen LogP contribution in [0.5, 0.6) is 0 Å². The number of methoxy groups -OCH3 is 1. The van der Waals surface area contributed by atoms with Crippen LogP contribution >= 0.6 is 0 Å². The fourth-order valence-electron chi connectivity index (χ4n) is 2.84. The van der Waals surface area contributed by atoms with Crippen LogP contribution in [0.4, 0.5) is 11.4 Å². The number of hydrogen-bond acceptors (Lipinski definition) is 9. The van der Waals surface area contributed by atoms with E-state index in [0.717, 1.165) is 12.6 Å². The number of hydrogen-bond donors (Lipinski definition) is 1. The van der Waals surface area contributed by atoms with Crippen molar-refractivity contribution in [3.05, 3.63) is 28.3 Å². The van der Waals surface area contributed by atoms with Gasteiger partial charge in [0, 0.05) is 39.9 Å². The van der Waals surface area contributed by atoms with Crippen molar-refractivity contribution in [3.63, 3.8) is 0 Å². The number of likely N-dealkylation sites (N-methyl/N-ethyl adjacent to an activating group) is 1. The van der Waals surface area contributed by atoms with E-state index < -0.39 is 21.2 Å². The average molecular weight is 418 g/mol. The van der Waals surface area contributed by atoms with Gasteiger partial charge in [0.05, 0.1) is 36.2 Å². The van der Waals surface area contributed by atoms with Crippen molar-refractivity contribution in [2.24, 2.45) is 5.14 Å². The van der Waals surface area contributed by atoms with Crippen molar-refractivity contribution < 1.29 is 27.6 Å². The second-order valence-corrected chi connectivity index (χ2v) is 7.86. The van der Waals surface area contributed by atoms with Crippen molar-refractivity contribution in [2.45, 2.75) is 11.1 Å². The first-order valence-electron chi connectivity index (χ1n) is 8.68. The summed E-state index contributed by atoms with van der Waals surface area (Å²) in [5, 5.41) is 16.5. The van der Waals surface area contributed by atoms with Gasteiger partial charge in [0.25, 0.3) is 5.69 Å². The third-order valence-electron chi connectivity index (χ3n) is 4.40. The molecule has 28 heavy (non-hydrogen) atoms. The molecule has 1 aromatic carbocycles. The summed E-state index contributed by atoms with van der Waals surface area (Å²) in [5.74, 6) is 0. The number of nitrogens with two attached hydrogens (primary N) is 1. The van der Waals surface area contributed by atoms with Gasteiger partial charge in [-0.05, 0) is 12.1 Å². The molecule has 1 heterocycles. The van der Waals surface area contributed by atoms with E-state index in [1.54, 1.807) is 19.1 Å². The molecule has 0 aliphatic carbocycles. The fraction of sp³-hybridized carbons (Fsp3) is 0.625. The van der Waals surface area contributed by atoms with E-state index in [4.69, 9.17) is 19.3 Å². The molecule has 0 amide bonds. The predicted molar refractivity (Wildman–Crippen MR) is 102 cm³/mol. The molecule has 12 heteroatoms. The molecule has 1 fully saturated rings. The molecule has 2 rings (SSSR count). The average Bonchev–Trinajstić information content (AvgIpc) is 2.66. The van der Waals surface area contributed by atoms with E-state index in [0.29, 0.717) is 39.5 Å². The number of primary sulfonamides is 1. The number of anilines is 1. The van der Waals surface area contributed by atoms with Crippen LogP contribution < -0.4 is 10.0 Å². The summed E-state index contributed by atoms with van der Waals surface area (Å²) in [4.78, 5) is 14.3. The van der Waals surface area contributed by atoms with Crippen LogP contribution in [0.25, 0.3) is 0 Å². The maximum atomic E-state index is 11.5. The predicted octanol–water partition coefficient (Wildman–Crippen LogP) is -0.000300. The van der Waals surface area contributed by atoms with Crippen LogP contribution in [-0.4, -0.2) is 84.7 Å².